The van der Waals surface area contributed by atoms with Gasteiger partial charge in [-0.25, -0.2) is 9.59 Å². The van der Waals surface area contributed by atoms with Crippen molar-refractivity contribution in [2.24, 2.45) is 58.7 Å². The molecule has 1 heterocycles. The highest BCUT2D eigenvalue weighted by atomic mass is 19.4. The van der Waals surface area contributed by atoms with E-state index in [0.29, 0.717) is 6.92 Å². The van der Waals surface area contributed by atoms with Gasteiger partial charge in [-0.05, 0) is 104 Å². The van der Waals surface area contributed by atoms with Gasteiger partial charge in [-0.3, -0.25) is 19.2 Å². The van der Waals surface area contributed by atoms with E-state index in [-0.39, 0.29) is 12.8 Å². The van der Waals surface area contributed by atoms with Crippen LogP contribution >= 0.6 is 0 Å². The first-order valence-corrected chi connectivity index (χ1v) is 20.7. The zero-order valence-electron chi connectivity index (χ0n) is 37.0. The third-order valence-corrected chi connectivity index (χ3v) is 13.3. The molecular formula is C40H47F15O13. The number of halogens is 15. The molecule has 28 heteroatoms. The van der Waals surface area contributed by atoms with Gasteiger partial charge in [-0.15, -0.1) is 0 Å². The van der Waals surface area contributed by atoms with Gasteiger partial charge in [-0.1, -0.05) is 13.8 Å². The van der Waals surface area contributed by atoms with Gasteiger partial charge < -0.3 is 33.5 Å². The van der Waals surface area contributed by atoms with Crippen molar-refractivity contribution in [2.75, 3.05) is 0 Å². The van der Waals surface area contributed by atoms with Gasteiger partial charge >= 0.3 is 78.3 Å². The largest absolute Gasteiger partial charge is 0.510 e. The minimum absolute atomic E-state index is 0.0228. The molecule has 13 nitrogen and oxygen atoms in total. The second-order valence-corrected chi connectivity index (χ2v) is 19.6. The molecule has 0 amide bonds. The lowest BCUT2D eigenvalue weighted by Gasteiger charge is -2.50. The van der Waals surface area contributed by atoms with E-state index in [2.05, 4.69) is 23.7 Å². The highest BCUT2D eigenvalue weighted by Crippen LogP contribution is 2.65. The van der Waals surface area contributed by atoms with E-state index in [9.17, 15) is 33.9 Å². The molecule has 1 saturated heterocycles. The standard InChI is InChI=1S/C40H47F15O13/c1-9-33(36(41,42)43,24-23(26(58)64-27(24)59)22-15(2)20-10-16(22)11-21(20)25(56)57)28(60)63-19-13-17(34(37(44,45)46,38(47,48)49)67-29(61)65-31(3,4)5)12-18(14-19)35(39(50,51)52,40(53,54)55)68-30(62)66-32(6,7)8/h15-24H,9-14H2,1-8H3,(H,56,57). The van der Waals surface area contributed by atoms with Crippen molar-refractivity contribution in [1.29, 1.82) is 0 Å². The molecular weight excluding hydrogens is 973 g/mol. The third kappa shape index (κ3) is 9.83. The number of fused-ring (bicyclic) bond motifs is 2. The van der Waals surface area contributed by atoms with E-state index >= 15 is 65.9 Å². The summed E-state index contributed by atoms with van der Waals surface area (Å²) in [5.41, 5.74) is -21.0. The van der Waals surface area contributed by atoms with Crippen LogP contribution < -0.4 is 0 Å². The molecule has 4 aliphatic rings. The van der Waals surface area contributed by atoms with Crippen molar-refractivity contribution in [1.82, 2.24) is 0 Å². The minimum Gasteiger partial charge on any atom is -0.481 e. The first kappa shape index (κ1) is 56.2. The summed E-state index contributed by atoms with van der Waals surface area (Å²) < 4.78 is 255. The SMILES string of the molecule is CCC(C(=O)OC1CC(C(OC(=O)OC(C)(C)C)(C(F)(F)F)C(F)(F)F)CC(C(OC(=O)OC(C)(C)C)(C(F)(F)F)C(F)(F)F)C1)(C1C(=O)OC(=O)C1C1C2CC(C(=O)O)C(C2)C1C)C(F)(F)F. The molecule has 0 spiro atoms. The van der Waals surface area contributed by atoms with Crippen molar-refractivity contribution in [3.8, 4) is 0 Å². The first-order valence-electron chi connectivity index (χ1n) is 20.7. The van der Waals surface area contributed by atoms with Crippen LogP contribution in [0.25, 0.3) is 0 Å². The van der Waals surface area contributed by atoms with E-state index in [1.54, 1.807) is 0 Å². The number of hydrogen-bond acceptors (Lipinski definition) is 12. The number of carbonyl (C=O) groups is 6. The molecule has 3 saturated carbocycles. The van der Waals surface area contributed by atoms with Crippen LogP contribution in [0, 0.1) is 58.7 Å². The Balaban J connectivity index is 2.01. The van der Waals surface area contributed by atoms with Crippen LogP contribution in [0.5, 0.6) is 0 Å². The van der Waals surface area contributed by atoms with Gasteiger partial charge in [0.15, 0.2) is 5.41 Å². The second-order valence-electron chi connectivity index (χ2n) is 19.6. The van der Waals surface area contributed by atoms with Gasteiger partial charge in [0.2, 0.25) is 0 Å². The Hall–Kier alpha value is -4.43. The number of aliphatic carboxylic acids is 1. The Morgan fingerprint density at radius 2 is 1.01 bits per heavy atom. The molecule has 0 aromatic carbocycles. The third-order valence-electron chi connectivity index (χ3n) is 13.3. The zero-order chi connectivity index (χ0) is 52.7. The number of carboxylic acid groups (broad SMARTS) is 1. The summed E-state index contributed by atoms with van der Waals surface area (Å²) in [4.78, 5) is 78.4. The van der Waals surface area contributed by atoms with Gasteiger partial charge in [0, 0.05) is 11.8 Å². The lowest BCUT2D eigenvalue weighted by atomic mass is 9.60. The molecule has 1 N–H and O–H groups in total. The molecule has 0 radical (unpaired) electrons. The lowest BCUT2D eigenvalue weighted by molar-refractivity contribution is -0.406. The Kier molecular flexibility index (Phi) is 14.7. The molecule has 2 bridgehead atoms. The Bertz CT molecular complexity index is 1860. The Morgan fingerprint density at radius 3 is 1.34 bits per heavy atom. The highest BCUT2D eigenvalue weighted by Gasteiger charge is 2.83. The van der Waals surface area contributed by atoms with Crippen LogP contribution in [-0.4, -0.2) is 101 Å². The van der Waals surface area contributed by atoms with Gasteiger partial charge in [0.05, 0.1) is 17.8 Å². The molecule has 3 aliphatic carbocycles. The summed E-state index contributed by atoms with van der Waals surface area (Å²) in [5, 5.41) is 9.68. The summed E-state index contributed by atoms with van der Waals surface area (Å²) in [6.07, 6.45) is -53.1. The van der Waals surface area contributed by atoms with Crippen molar-refractivity contribution in [3.63, 3.8) is 0 Å². The molecule has 1 aliphatic heterocycles. The quantitative estimate of drug-likeness (QED) is 0.0947. The predicted molar refractivity (Wildman–Crippen MR) is 192 cm³/mol. The zero-order valence-corrected chi connectivity index (χ0v) is 37.0. The summed E-state index contributed by atoms with van der Waals surface area (Å²) in [5.74, 6) is -26.6. The molecule has 4 fully saturated rings. The van der Waals surface area contributed by atoms with E-state index in [1.165, 1.54) is 6.92 Å². The molecule has 10 atom stereocenters. The molecule has 10 unspecified atom stereocenters. The molecule has 68 heavy (non-hydrogen) atoms. The number of carbonyl (C=O) groups excluding carboxylic acids is 5. The van der Waals surface area contributed by atoms with Crippen molar-refractivity contribution in [2.45, 2.75) is 153 Å². The minimum atomic E-state index is -7.12. The molecule has 4 rings (SSSR count). The van der Waals surface area contributed by atoms with Crippen LogP contribution in [0.3, 0.4) is 0 Å². The number of hydrogen-bond donors (Lipinski definition) is 1. The van der Waals surface area contributed by atoms with Gasteiger partial charge in [-0.2, -0.15) is 65.9 Å². The van der Waals surface area contributed by atoms with E-state index in [0.717, 1.165) is 41.5 Å². The van der Waals surface area contributed by atoms with Gasteiger partial charge in [0.25, 0.3) is 0 Å². The predicted octanol–water partition coefficient (Wildman–Crippen LogP) is 10.2. The Morgan fingerprint density at radius 1 is 0.603 bits per heavy atom. The fourth-order valence-electron chi connectivity index (χ4n) is 10.7. The van der Waals surface area contributed by atoms with Crippen LogP contribution in [0.2, 0.25) is 0 Å². The van der Waals surface area contributed by atoms with Crippen LogP contribution in [0.15, 0.2) is 0 Å². The maximum Gasteiger partial charge on any atom is 0.510 e. The normalized spacial score (nSPS) is 29.8. The first-order chi connectivity index (χ1) is 30.3. The number of alkyl halides is 15. The highest BCUT2D eigenvalue weighted by molar-refractivity contribution is 6.00. The molecule has 0 aromatic rings. The van der Waals surface area contributed by atoms with E-state index < -0.39 is 180 Å². The topological polar surface area (TPSA) is 178 Å². The average molecular weight is 1020 g/mol. The van der Waals surface area contributed by atoms with E-state index in [1.807, 2.05) is 0 Å². The molecule has 390 valence electrons. The monoisotopic (exact) mass is 1020 g/mol. The van der Waals surface area contributed by atoms with Gasteiger partial charge in [0.1, 0.15) is 17.3 Å². The second kappa shape index (κ2) is 17.8. The molecule has 0 aromatic heterocycles. The van der Waals surface area contributed by atoms with E-state index in [4.69, 9.17) is 4.74 Å². The summed E-state index contributed by atoms with van der Waals surface area (Å²) in [6.45, 7) is 7.11. The number of rotatable bonds is 10. The van der Waals surface area contributed by atoms with Crippen molar-refractivity contribution >= 4 is 36.2 Å². The Labute approximate surface area is 376 Å². The van der Waals surface area contributed by atoms with Crippen LogP contribution in [0.1, 0.15) is 93.9 Å². The fourth-order valence-corrected chi connectivity index (χ4v) is 10.7. The number of carboxylic acids is 1. The summed E-state index contributed by atoms with van der Waals surface area (Å²) >= 11 is 0. The maximum absolute atomic E-state index is 15.7. The van der Waals surface area contributed by atoms with Crippen molar-refractivity contribution < 1.29 is 128 Å². The average Bonchev–Trinajstić information content (AvgIpc) is 3.76. The number of ether oxygens (including phenoxy) is 6. The van der Waals surface area contributed by atoms with Crippen LogP contribution in [-0.2, 0) is 47.6 Å². The summed E-state index contributed by atoms with van der Waals surface area (Å²) in [7, 11) is 0. The number of cyclic esters (lactones) is 2. The van der Waals surface area contributed by atoms with Crippen LogP contribution in [0.4, 0.5) is 75.4 Å². The number of esters is 3. The fraction of sp³-hybridized carbons (Fsp3) is 0.850. The maximum atomic E-state index is 15.7. The smallest absolute Gasteiger partial charge is 0.481 e. The van der Waals surface area contributed by atoms with Crippen molar-refractivity contribution in [3.05, 3.63) is 0 Å². The lowest BCUT2D eigenvalue weighted by Crippen LogP contribution is -2.69. The summed E-state index contributed by atoms with van der Waals surface area (Å²) in [6, 6.07) is 0.